The van der Waals surface area contributed by atoms with Crippen molar-refractivity contribution in [2.24, 2.45) is 11.7 Å². The zero-order valence-electron chi connectivity index (χ0n) is 12.4. The van der Waals surface area contributed by atoms with Crippen LogP contribution in [0.1, 0.15) is 41.3 Å². The summed E-state index contributed by atoms with van der Waals surface area (Å²) in [4.78, 5) is 14.7. The number of amides is 1. The van der Waals surface area contributed by atoms with Gasteiger partial charge in [-0.05, 0) is 42.0 Å². The highest BCUT2D eigenvalue weighted by Crippen LogP contribution is 2.26. The summed E-state index contributed by atoms with van der Waals surface area (Å²) in [6, 6.07) is 6.09. The van der Waals surface area contributed by atoms with E-state index in [1.54, 1.807) is 0 Å². The van der Waals surface area contributed by atoms with Crippen LogP contribution in [-0.2, 0) is 18.0 Å². The largest absolute Gasteiger partial charge is 0.372 e. The molecule has 21 heavy (non-hydrogen) atoms. The van der Waals surface area contributed by atoms with Crippen LogP contribution in [0.3, 0.4) is 0 Å². The number of hydrogen-bond donors (Lipinski definition) is 1. The molecular weight excluding hydrogens is 288 g/mol. The van der Waals surface area contributed by atoms with E-state index in [0.29, 0.717) is 25.7 Å². The van der Waals surface area contributed by atoms with Gasteiger partial charge in [-0.3, -0.25) is 4.79 Å². The number of fused-ring (bicyclic) bond motifs is 1. The highest BCUT2D eigenvalue weighted by atomic mass is 35.5. The Labute approximate surface area is 132 Å². The van der Waals surface area contributed by atoms with Crippen molar-refractivity contribution in [2.45, 2.75) is 39.0 Å². The lowest BCUT2D eigenvalue weighted by Gasteiger charge is -2.38. The molecule has 0 aliphatic carbocycles. The van der Waals surface area contributed by atoms with Crippen LogP contribution in [0.25, 0.3) is 0 Å². The van der Waals surface area contributed by atoms with Gasteiger partial charge in [-0.25, -0.2) is 0 Å². The molecule has 2 aliphatic rings. The van der Waals surface area contributed by atoms with Crippen molar-refractivity contribution >= 4 is 18.3 Å². The molecule has 4 nitrogen and oxygen atoms in total. The second kappa shape index (κ2) is 6.77. The summed E-state index contributed by atoms with van der Waals surface area (Å²) in [6.45, 7) is 4.88. The average molecular weight is 311 g/mol. The van der Waals surface area contributed by atoms with Crippen molar-refractivity contribution in [2.75, 3.05) is 13.1 Å². The third kappa shape index (κ3) is 3.23. The molecule has 1 amide bonds. The van der Waals surface area contributed by atoms with Gasteiger partial charge in [0.25, 0.3) is 5.91 Å². The minimum atomic E-state index is 0. The van der Waals surface area contributed by atoms with E-state index in [9.17, 15) is 4.79 Å². The lowest BCUT2D eigenvalue weighted by molar-refractivity contribution is 0.0573. The van der Waals surface area contributed by atoms with Gasteiger partial charge in [0.2, 0.25) is 0 Å². The van der Waals surface area contributed by atoms with Crippen molar-refractivity contribution in [1.29, 1.82) is 0 Å². The van der Waals surface area contributed by atoms with Gasteiger partial charge in [0.15, 0.2) is 0 Å². The predicted molar refractivity (Wildman–Crippen MR) is 84.5 cm³/mol. The molecule has 3 rings (SSSR count). The maximum absolute atomic E-state index is 12.7. The van der Waals surface area contributed by atoms with E-state index < -0.39 is 0 Å². The van der Waals surface area contributed by atoms with E-state index in [1.807, 2.05) is 23.1 Å². The van der Waals surface area contributed by atoms with Gasteiger partial charge in [0.1, 0.15) is 0 Å². The minimum absolute atomic E-state index is 0. The number of rotatable bonds is 2. The Hall–Kier alpha value is -1.10. The molecule has 2 unspecified atom stereocenters. The fraction of sp³-hybridized carbons (Fsp3) is 0.562. The molecule has 1 fully saturated rings. The fourth-order valence-corrected chi connectivity index (χ4v) is 3.21. The summed E-state index contributed by atoms with van der Waals surface area (Å²) >= 11 is 0. The summed E-state index contributed by atoms with van der Waals surface area (Å²) in [5.41, 5.74) is 8.96. The Morgan fingerprint density at radius 1 is 1.38 bits per heavy atom. The van der Waals surface area contributed by atoms with E-state index in [4.69, 9.17) is 10.5 Å². The minimum Gasteiger partial charge on any atom is -0.372 e. The lowest BCUT2D eigenvalue weighted by Crippen LogP contribution is -2.49. The Kier molecular flexibility index (Phi) is 5.25. The number of benzene rings is 1. The number of nitrogens with two attached hydrogens (primary N) is 1. The van der Waals surface area contributed by atoms with E-state index in [2.05, 4.69) is 6.92 Å². The zero-order valence-corrected chi connectivity index (χ0v) is 13.2. The second-order valence-corrected chi connectivity index (χ2v) is 5.99. The third-order valence-corrected chi connectivity index (χ3v) is 4.48. The average Bonchev–Trinajstić information content (AvgIpc) is 2.93. The van der Waals surface area contributed by atoms with Crippen LogP contribution in [0.4, 0.5) is 0 Å². The van der Waals surface area contributed by atoms with Crippen molar-refractivity contribution in [3.63, 3.8) is 0 Å². The monoisotopic (exact) mass is 310 g/mol. The standard InChI is InChI=1S/C16H22N2O2.ClH/c1-11-4-5-18(15(6-11)8-17)16(19)12-2-3-13-9-20-10-14(13)7-12;/h2-3,7,11,15H,4-6,8-10,17H2,1H3;1H. The molecule has 1 aromatic carbocycles. The van der Waals surface area contributed by atoms with Crippen LogP contribution in [0.2, 0.25) is 0 Å². The first kappa shape index (κ1) is 16.3. The summed E-state index contributed by atoms with van der Waals surface area (Å²) in [7, 11) is 0. The number of nitrogens with zero attached hydrogens (tertiary/aromatic N) is 1. The molecule has 2 heterocycles. The quantitative estimate of drug-likeness (QED) is 0.912. The van der Waals surface area contributed by atoms with E-state index in [1.165, 1.54) is 5.56 Å². The number of likely N-dealkylation sites (tertiary alicyclic amines) is 1. The summed E-state index contributed by atoms with van der Waals surface area (Å²) in [5, 5.41) is 0. The van der Waals surface area contributed by atoms with Crippen molar-refractivity contribution in [3.05, 3.63) is 34.9 Å². The number of carbonyl (C=O) groups is 1. The molecule has 0 bridgehead atoms. The molecule has 116 valence electrons. The van der Waals surface area contributed by atoms with Crippen molar-refractivity contribution < 1.29 is 9.53 Å². The number of hydrogen-bond acceptors (Lipinski definition) is 3. The van der Waals surface area contributed by atoms with Crippen LogP contribution < -0.4 is 5.73 Å². The van der Waals surface area contributed by atoms with Crippen LogP contribution in [0, 0.1) is 5.92 Å². The highest BCUT2D eigenvalue weighted by Gasteiger charge is 2.29. The number of piperidine rings is 1. The van der Waals surface area contributed by atoms with E-state index in [0.717, 1.165) is 30.5 Å². The van der Waals surface area contributed by atoms with Gasteiger partial charge in [0, 0.05) is 24.7 Å². The maximum atomic E-state index is 12.7. The van der Waals surface area contributed by atoms with Crippen LogP contribution in [0.15, 0.2) is 18.2 Å². The van der Waals surface area contributed by atoms with E-state index >= 15 is 0 Å². The number of carbonyl (C=O) groups excluding carboxylic acids is 1. The van der Waals surface area contributed by atoms with Crippen LogP contribution in [0.5, 0.6) is 0 Å². The SMILES string of the molecule is CC1CCN(C(=O)c2ccc3c(c2)COC3)C(CN)C1.Cl. The van der Waals surface area contributed by atoms with Crippen LogP contribution in [-0.4, -0.2) is 29.9 Å². The Morgan fingerprint density at radius 3 is 2.90 bits per heavy atom. The van der Waals surface area contributed by atoms with Gasteiger partial charge < -0.3 is 15.4 Å². The summed E-state index contributed by atoms with van der Waals surface area (Å²) in [5.74, 6) is 0.767. The first-order valence-electron chi connectivity index (χ1n) is 7.39. The zero-order chi connectivity index (χ0) is 14.1. The molecular formula is C16H23ClN2O2. The molecule has 5 heteroatoms. The van der Waals surface area contributed by atoms with Gasteiger partial charge in [-0.2, -0.15) is 0 Å². The maximum Gasteiger partial charge on any atom is 0.254 e. The molecule has 0 spiro atoms. The highest BCUT2D eigenvalue weighted by molar-refractivity contribution is 5.94. The third-order valence-electron chi connectivity index (χ3n) is 4.48. The lowest BCUT2D eigenvalue weighted by atomic mass is 9.91. The Morgan fingerprint density at radius 2 is 2.14 bits per heavy atom. The van der Waals surface area contributed by atoms with Gasteiger partial charge >= 0.3 is 0 Å². The normalized spacial score (nSPS) is 24.4. The fourth-order valence-electron chi connectivity index (χ4n) is 3.21. The summed E-state index contributed by atoms with van der Waals surface area (Å²) < 4.78 is 5.41. The van der Waals surface area contributed by atoms with Gasteiger partial charge in [-0.15, -0.1) is 12.4 Å². The smallest absolute Gasteiger partial charge is 0.254 e. The van der Waals surface area contributed by atoms with Gasteiger partial charge in [0.05, 0.1) is 13.2 Å². The Balaban J connectivity index is 0.00000161. The second-order valence-electron chi connectivity index (χ2n) is 5.99. The molecule has 0 aromatic heterocycles. The van der Waals surface area contributed by atoms with Gasteiger partial charge in [-0.1, -0.05) is 13.0 Å². The molecule has 0 radical (unpaired) electrons. The number of ether oxygens (including phenoxy) is 1. The first-order chi connectivity index (χ1) is 9.69. The predicted octanol–water partition coefficient (Wildman–Crippen LogP) is 2.34. The van der Waals surface area contributed by atoms with E-state index in [-0.39, 0.29) is 24.4 Å². The molecule has 2 aliphatic heterocycles. The molecule has 1 saturated heterocycles. The Bertz CT molecular complexity index is 521. The van der Waals surface area contributed by atoms with Crippen molar-refractivity contribution in [3.8, 4) is 0 Å². The first-order valence-corrected chi connectivity index (χ1v) is 7.39. The molecule has 0 saturated carbocycles. The summed E-state index contributed by atoms with van der Waals surface area (Å²) in [6.07, 6.45) is 2.08. The number of halogens is 1. The molecule has 2 atom stereocenters. The topological polar surface area (TPSA) is 55.6 Å². The van der Waals surface area contributed by atoms with Crippen molar-refractivity contribution in [1.82, 2.24) is 4.90 Å². The molecule has 2 N–H and O–H groups in total. The van der Waals surface area contributed by atoms with Crippen LogP contribution >= 0.6 is 12.4 Å². The molecule has 1 aromatic rings.